The lowest BCUT2D eigenvalue weighted by Crippen LogP contribution is -2.43. The van der Waals surface area contributed by atoms with Crippen molar-refractivity contribution in [3.8, 4) is 0 Å². The summed E-state index contributed by atoms with van der Waals surface area (Å²) in [5.74, 6) is 0.825. The third-order valence-electron chi connectivity index (χ3n) is 3.74. The maximum atomic E-state index is 12.7. The van der Waals surface area contributed by atoms with Gasteiger partial charge in [-0.15, -0.1) is 0 Å². The zero-order valence-electron chi connectivity index (χ0n) is 11.9. The van der Waals surface area contributed by atoms with Gasteiger partial charge >= 0.3 is 0 Å². The molecule has 2 heterocycles. The second-order valence-corrected chi connectivity index (χ2v) is 4.99. The highest BCUT2D eigenvalue weighted by atomic mass is 16.2. The van der Waals surface area contributed by atoms with Crippen LogP contribution in [0.5, 0.6) is 0 Å². The number of pyridine rings is 1. The van der Waals surface area contributed by atoms with Crippen LogP contribution in [-0.4, -0.2) is 34.9 Å². The van der Waals surface area contributed by atoms with Gasteiger partial charge in [-0.3, -0.25) is 4.79 Å². The Morgan fingerprint density at radius 2 is 2.32 bits per heavy atom. The first-order chi connectivity index (χ1) is 9.27. The number of piperidine rings is 1. The third-order valence-corrected chi connectivity index (χ3v) is 3.74. The highest BCUT2D eigenvalue weighted by molar-refractivity contribution is 5.98. The van der Waals surface area contributed by atoms with Crippen LogP contribution in [0, 0.1) is 0 Å². The molecule has 19 heavy (non-hydrogen) atoms. The normalized spacial score (nSPS) is 19.3. The van der Waals surface area contributed by atoms with E-state index in [0.29, 0.717) is 17.4 Å². The minimum atomic E-state index is 0.121. The molecule has 0 bridgehead atoms. The van der Waals surface area contributed by atoms with Gasteiger partial charge in [-0.2, -0.15) is 0 Å². The van der Waals surface area contributed by atoms with Gasteiger partial charge < -0.3 is 10.2 Å². The molecule has 1 amide bonds. The Morgan fingerprint density at radius 3 is 3.05 bits per heavy atom. The molecule has 104 valence electrons. The largest absolute Gasteiger partial charge is 0.370 e. The number of aromatic nitrogens is 1. The number of amides is 1. The SMILES string of the molecule is CCNc1ncccc1C(=O)N1CCCCC1CC. The molecule has 1 aliphatic heterocycles. The van der Waals surface area contributed by atoms with E-state index in [2.05, 4.69) is 17.2 Å². The van der Waals surface area contributed by atoms with Gasteiger partial charge in [0.2, 0.25) is 0 Å². The van der Waals surface area contributed by atoms with E-state index in [4.69, 9.17) is 0 Å². The van der Waals surface area contributed by atoms with E-state index in [0.717, 1.165) is 32.4 Å². The lowest BCUT2D eigenvalue weighted by atomic mass is 9.99. The van der Waals surface area contributed by atoms with Gasteiger partial charge in [-0.1, -0.05) is 6.92 Å². The molecule has 1 atom stereocenters. The fraction of sp³-hybridized carbons (Fsp3) is 0.600. The van der Waals surface area contributed by atoms with Crippen LogP contribution in [-0.2, 0) is 0 Å². The number of anilines is 1. The molecule has 1 unspecified atom stereocenters. The lowest BCUT2D eigenvalue weighted by molar-refractivity contribution is 0.0608. The van der Waals surface area contributed by atoms with Gasteiger partial charge in [-0.05, 0) is 44.7 Å². The molecule has 0 spiro atoms. The highest BCUT2D eigenvalue weighted by Crippen LogP contribution is 2.23. The predicted octanol–water partition coefficient (Wildman–Crippen LogP) is 2.92. The molecule has 0 aromatic carbocycles. The van der Waals surface area contributed by atoms with Crippen LogP contribution < -0.4 is 5.32 Å². The summed E-state index contributed by atoms with van der Waals surface area (Å²) in [6, 6.07) is 4.09. The summed E-state index contributed by atoms with van der Waals surface area (Å²) in [6.45, 7) is 5.82. The number of nitrogens with one attached hydrogen (secondary N) is 1. The minimum absolute atomic E-state index is 0.121. The Hall–Kier alpha value is -1.58. The fourth-order valence-electron chi connectivity index (χ4n) is 2.73. The van der Waals surface area contributed by atoms with E-state index >= 15 is 0 Å². The van der Waals surface area contributed by atoms with Crippen LogP contribution >= 0.6 is 0 Å². The quantitative estimate of drug-likeness (QED) is 0.906. The van der Waals surface area contributed by atoms with Crippen LogP contribution in [0.4, 0.5) is 5.82 Å². The van der Waals surface area contributed by atoms with Crippen molar-refractivity contribution in [1.82, 2.24) is 9.88 Å². The molecule has 0 saturated carbocycles. The van der Waals surface area contributed by atoms with Gasteiger partial charge in [0.1, 0.15) is 5.82 Å². The molecule has 1 saturated heterocycles. The van der Waals surface area contributed by atoms with Gasteiger partial charge in [0.05, 0.1) is 5.56 Å². The van der Waals surface area contributed by atoms with Crippen LogP contribution in [0.2, 0.25) is 0 Å². The Morgan fingerprint density at radius 1 is 1.47 bits per heavy atom. The first-order valence-corrected chi connectivity index (χ1v) is 7.27. The second kappa shape index (κ2) is 6.55. The Bertz CT molecular complexity index is 433. The van der Waals surface area contributed by atoms with Crippen molar-refractivity contribution >= 4 is 11.7 Å². The number of carbonyl (C=O) groups is 1. The molecule has 1 aromatic heterocycles. The van der Waals surface area contributed by atoms with Crippen molar-refractivity contribution < 1.29 is 4.79 Å². The molecule has 1 aliphatic rings. The molecule has 4 heteroatoms. The van der Waals surface area contributed by atoms with Crippen LogP contribution in [0.15, 0.2) is 18.3 Å². The Labute approximate surface area is 115 Å². The number of hydrogen-bond donors (Lipinski definition) is 1. The predicted molar refractivity (Wildman–Crippen MR) is 77.4 cm³/mol. The number of hydrogen-bond acceptors (Lipinski definition) is 3. The topological polar surface area (TPSA) is 45.2 Å². The first-order valence-electron chi connectivity index (χ1n) is 7.27. The van der Waals surface area contributed by atoms with Crippen molar-refractivity contribution in [2.75, 3.05) is 18.4 Å². The van der Waals surface area contributed by atoms with Crippen LogP contribution in [0.25, 0.3) is 0 Å². The number of nitrogens with zero attached hydrogens (tertiary/aromatic N) is 2. The van der Waals surface area contributed by atoms with E-state index in [1.807, 2.05) is 24.0 Å². The van der Waals surface area contributed by atoms with E-state index in [1.165, 1.54) is 6.42 Å². The van der Waals surface area contributed by atoms with Gasteiger partial charge in [0.25, 0.3) is 5.91 Å². The second-order valence-electron chi connectivity index (χ2n) is 4.99. The number of carbonyl (C=O) groups excluding carboxylic acids is 1. The van der Waals surface area contributed by atoms with Crippen LogP contribution in [0.3, 0.4) is 0 Å². The van der Waals surface area contributed by atoms with Crippen molar-refractivity contribution in [3.63, 3.8) is 0 Å². The average molecular weight is 261 g/mol. The maximum Gasteiger partial charge on any atom is 0.257 e. The van der Waals surface area contributed by atoms with E-state index in [9.17, 15) is 4.79 Å². The average Bonchev–Trinajstić information content (AvgIpc) is 2.47. The van der Waals surface area contributed by atoms with Crippen molar-refractivity contribution in [1.29, 1.82) is 0 Å². The summed E-state index contributed by atoms with van der Waals surface area (Å²) < 4.78 is 0. The van der Waals surface area contributed by atoms with Crippen molar-refractivity contribution in [2.45, 2.75) is 45.6 Å². The molecular formula is C15H23N3O. The summed E-state index contributed by atoms with van der Waals surface area (Å²) in [7, 11) is 0. The zero-order chi connectivity index (χ0) is 13.7. The highest BCUT2D eigenvalue weighted by Gasteiger charge is 2.27. The summed E-state index contributed by atoms with van der Waals surface area (Å²) in [4.78, 5) is 19.0. The standard InChI is InChI=1S/C15H23N3O/c1-3-12-8-5-6-11-18(12)15(19)13-9-7-10-17-14(13)16-4-2/h7,9-10,12H,3-6,8,11H2,1-2H3,(H,16,17). The monoisotopic (exact) mass is 261 g/mol. The fourth-order valence-corrected chi connectivity index (χ4v) is 2.73. The van der Waals surface area contributed by atoms with Gasteiger partial charge in [-0.25, -0.2) is 4.98 Å². The third kappa shape index (κ3) is 3.06. The van der Waals surface area contributed by atoms with Gasteiger partial charge in [0.15, 0.2) is 0 Å². The van der Waals surface area contributed by atoms with E-state index < -0.39 is 0 Å². The minimum Gasteiger partial charge on any atom is -0.370 e. The molecule has 0 aliphatic carbocycles. The van der Waals surface area contributed by atoms with E-state index in [-0.39, 0.29) is 5.91 Å². The molecule has 0 radical (unpaired) electrons. The molecule has 1 fully saturated rings. The summed E-state index contributed by atoms with van der Waals surface area (Å²) in [5.41, 5.74) is 0.699. The lowest BCUT2D eigenvalue weighted by Gasteiger charge is -2.35. The smallest absolute Gasteiger partial charge is 0.257 e. The molecule has 1 aromatic rings. The molecule has 4 nitrogen and oxygen atoms in total. The summed E-state index contributed by atoms with van der Waals surface area (Å²) in [6.07, 6.45) is 6.22. The van der Waals surface area contributed by atoms with Crippen LogP contribution in [0.1, 0.15) is 49.9 Å². The maximum absolute atomic E-state index is 12.7. The zero-order valence-corrected chi connectivity index (χ0v) is 11.9. The summed E-state index contributed by atoms with van der Waals surface area (Å²) >= 11 is 0. The van der Waals surface area contributed by atoms with Gasteiger partial charge in [0, 0.05) is 25.3 Å². The van der Waals surface area contributed by atoms with Crippen molar-refractivity contribution in [3.05, 3.63) is 23.9 Å². The molecular weight excluding hydrogens is 238 g/mol. The number of likely N-dealkylation sites (tertiary alicyclic amines) is 1. The Kier molecular flexibility index (Phi) is 4.77. The van der Waals surface area contributed by atoms with E-state index in [1.54, 1.807) is 6.20 Å². The first kappa shape index (κ1) is 13.8. The number of rotatable bonds is 4. The summed E-state index contributed by atoms with van der Waals surface area (Å²) in [5, 5.41) is 3.17. The molecule has 2 rings (SSSR count). The Balaban J connectivity index is 2.22. The molecule has 1 N–H and O–H groups in total. The van der Waals surface area contributed by atoms with Crippen molar-refractivity contribution in [2.24, 2.45) is 0 Å².